The summed E-state index contributed by atoms with van der Waals surface area (Å²) in [5.41, 5.74) is 0. The molecule has 3 rings (SSSR count). The predicted molar refractivity (Wildman–Crippen MR) is 84.2 cm³/mol. The van der Waals surface area contributed by atoms with Crippen LogP contribution in [0.5, 0.6) is 0 Å². The Morgan fingerprint density at radius 3 is 2.63 bits per heavy atom. The quantitative estimate of drug-likeness (QED) is 0.908. The van der Waals surface area contributed by atoms with E-state index in [1.807, 2.05) is 11.3 Å². The van der Waals surface area contributed by atoms with Gasteiger partial charge in [-0.1, -0.05) is 29.8 Å². The zero-order valence-corrected chi connectivity index (χ0v) is 12.9. The van der Waals surface area contributed by atoms with E-state index in [0.29, 0.717) is 12.1 Å². The molecule has 1 N–H and O–H groups in total. The van der Waals surface area contributed by atoms with Crippen LogP contribution in [0.25, 0.3) is 10.1 Å². The molecule has 1 aromatic carbocycles. The van der Waals surface area contributed by atoms with Gasteiger partial charge in [-0.25, -0.2) is 0 Å². The van der Waals surface area contributed by atoms with Gasteiger partial charge in [-0.2, -0.15) is 0 Å². The fourth-order valence-corrected chi connectivity index (χ4v) is 4.47. The van der Waals surface area contributed by atoms with E-state index in [4.69, 9.17) is 11.6 Å². The van der Waals surface area contributed by atoms with Crippen LogP contribution in [0.2, 0.25) is 5.02 Å². The predicted octanol–water partition coefficient (Wildman–Crippen LogP) is 3.74. The van der Waals surface area contributed by atoms with Crippen molar-refractivity contribution in [3.63, 3.8) is 0 Å². The molecule has 0 bridgehead atoms. The molecule has 2 nitrogen and oxygen atoms in total. The van der Waals surface area contributed by atoms with Crippen molar-refractivity contribution in [2.24, 2.45) is 0 Å². The molecule has 0 radical (unpaired) electrons. The van der Waals surface area contributed by atoms with E-state index in [1.54, 1.807) is 0 Å². The molecular formula is C15H19ClN2S. The highest BCUT2D eigenvalue weighted by Gasteiger charge is 2.22. The summed E-state index contributed by atoms with van der Waals surface area (Å²) >= 11 is 8.34. The van der Waals surface area contributed by atoms with Gasteiger partial charge in [-0.3, -0.25) is 4.90 Å². The molecule has 19 heavy (non-hydrogen) atoms. The Hall–Kier alpha value is -0.610. The summed E-state index contributed by atoms with van der Waals surface area (Å²) in [6.07, 6.45) is 0. The van der Waals surface area contributed by atoms with Gasteiger partial charge in [0.2, 0.25) is 0 Å². The summed E-state index contributed by atoms with van der Waals surface area (Å²) in [7, 11) is 0. The van der Waals surface area contributed by atoms with E-state index in [0.717, 1.165) is 24.7 Å². The third-order valence-electron chi connectivity index (χ3n) is 3.60. The Morgan fingerprint density at radius 2 is 1.95 bits per heavy atom. The van der Waals surface area contributed by atoms with Crippen molar-refractivity contribution >= 4 is 33.0 Å². The monoisotopic (exact) mass is 294 g/mol. The fourth-order valence-electron chi connectivity index (χ4n) is 2.94. The number of piperazine rings is 1. The Bertz CT molecular complexity index is 571. The first-order valence-electron chi connectivity index (χ1n) is 6.78. The molecule has 1 saturated heterocycles. The van der Waals surface area contributed by atoms with Crippen molar-refractivity contribution < 1.29 is 0 Å². The lowest BCUT2D eigenvalue weighted by Gasteiger charge is -2.35. The molecule has 102 valence electrons. The summed E-state index contributed by atoms with van der Waals surface area (Å²) < 4.78 is 1.29. The minimum absolute atomic E-state index is 0.553. The summed E-state index contributed by atoms with van der Waals surface area (Å²) in [6.45, 7) is 7.64. The lowest BCUT2D eigenvalue weighted by atomic mass is 10.1. The number of benzene rings is 1. The van der Waals surface area contributed by atoms with E-state index in [9.17, 15) is 0 Å². The van der Waals surface area contributed by atoms with Crippen LogP contribution in [0.3, 0.4) is 0 Å². The molecule has 1 aromatic heterocycles. The van der Waals surface area contributed by atoms with Crippen molar-refractivity contribution in [1.82, 2.24) is 10.2 Å². The number of halogens is 1. The summed E-state index contributed by atoms with van der Waals surface area (Å²) in [6, 6.07) is 9.50. The van der Waals surface area contributed by atoms with Gasteiger partial charge in [0.25, 0.3) is 0 Å². The fraction of sp³-hybridized carbons (Fsp3) is 0.467. The molecule has 1 aliphatic rings. The Morgan fingerprint density at radius 1 is 1.26 bits per heavy atom. The second-order valence-corrected chi connectivity index (χ2v) is 7.01. The van der Waals surface area contributed by atoms with E-state index >= 15 is 0 Å². The van der Waals surface area contributed by atoms with E-state index in [2.05, 4.69) is 48.3 Å². The second-order valence-electron chi connectivity index (χ2n) is 5.50. The topological polar surface area (TPSA) is 15.3 Å². The minimum Gasteiger partial charge on any atom is -0.309 e. The number of nitrogens with zero attached hydrogens (tertiary/aromatic N) is 1. The van der Waals surface area contributed by atoms with Crippen molar-refractivity contribution in [2.75, 3.05) is 13.1 Å². The van der Waals surface area contributed by atoms with Crippen molar-refractivity contribution in [3.8, 4) is 0 Å². The van der Waals surface area contributed by atoms with Gasteiger partial charge in [0.1, 0.15) is 0 Å². The van der Waals surface area contributed by atoms with Crippen LogP contribution < -0.4 is 5.32 Å². The van der Waals surface area contributed by atoms with E-state index < -0.39 is 0 Å². The molecule has 1 fully saturated rings. The molecule has 2 unspecified atom stereocenters. The van der Waals surface area contributed by atoms with Crippen LogP contribution in [0.4, 0.5) is 0 Å². The lowest BCUT2D eigenvalue weighted by Crippen LogP contribution is -2.53. The third kappa shape index (κ3) is 2.79. The van der Waals surface area contributed by atoms with E-state index in [-0.39, 0.29) is 0 Å². The zero-order valence-electron chi connectivity index (χ0n) is 11.3. The van der Waals surface area contributed by atoms with Gasteiger partial charge >= 0.3 is 0 Å². The maximum absolute atomic E-state index is 6.52. The molecular weight excluding hydrogens is 276 g/mol. The highest BCUT2D eigenvalue weighted by atomic mass is 35.5. The van der Waals surface area contributed by atoms with Gasteiger partial charge in [0, 0.05) is 46.7 Å². The third-order valence-corrected chi connectivity index (χ3v) is 5.30. The molecule has 2 atom stereocenters. The van der Waals surface area contributed by atoms with Gasteiger partial charge in [0.05, 0.1) is 5.02 Å². The van der Waals surface area contributed by atoms with Crippen molar-refractivity contribution in [1.29, 1.82) is 0 Å². The first kappa shape index (κ1) is 13.4. The Labute approximate surface area is 123 Å². The standard InChI is InChI=1S/C15H19ClN2S/c1-10-7-18(8-11(2)17-10)9-14-15(16)12-5-3-4-6-13(12)19-14/h3-6,10-11,17H,7-9H2,1-2H3. The first-order valence-corrected chi connectivity index (χ1v) is 7.97. The van der Waals surface area contributed by atoms with Crippen LogP contribution in [0, 0.1) is 0 Å². The number of hydrogen-bond donors (Lipinski definition) is 1. The maximum Gasteiger partial charge on any atom is 0.0637 e. The summed E-state index contributed by atoms with van der Waals surface area (Å²) in [4.78, 5) is 3.80. The van der Waals surface area contributed by atoms with E-state index in [1.165, 1.54) is 15.0 Å². The van der Waals surface area contributed by atoms with Gasteiger partial charge < -0.3 is 5.32 Å². The number of fused-ring (bicyclic) bond motifs is 1. The van der Waals surface area contributed by atoms with Crippen LogP contribution in [0.15, 0.2) is 24.3 Å². The number of rotatable bonds is 2. The smallest absolute Gasteiger partial charge is 0.0637 e. The molecule has 2 aromatic rings. The van der Waals surface area contributed by atoms with Crippen LogP contribution in [-0.2, 0) is 6.54 Å². The Balaban J connectivity index is 1.83. The molecule has 0 spiro atoms. The number of hydrogen-bond acceptors (Lipinski definition) is 3. The highest BCUT2D eigenvalue weighted by Crippen LogP contribution is 2.36. The van der Waals surface area contributed by atoms with Gasteiger partial charge in [0.15, 0.2) is 0 Å². The van der Waals surface area contributed by atoms with Crippen LogP contribution in [-0.4, -0.2) is 30.1 Å². The maximum atomic E-state index is 6.52. The van der Waals surface area contributed by atoms with Gasteiger partial charge in [-0.05, 0) is 19.9 Å². The summed E-state index contributed by atoms with van der Waals surface area (Å²) in [5.74, 6) is 0. The van der Waals surface area contributed by atoms with Crippen LogP contribution in [0.1, 0.15) is 18.7 Å². The average molecular weight is 295 g/mol. The average Bonchev–Trinajstić information content (AvgIpc) is 2.66. The molecule has 4 heteroatoms. The number of thiophene rings is 1. The Kier molecular flexibility index (Phi) is 3.81. The van der Waals surface area contributed by atoms with Crippen LogP contribution >= 0.6 is 22.9 Å². The van der Waals surface area contributed by atoms with Crippen molar-refractivity contribution in [3.05, 3.63) is 34.2 Å². The minimum atomic E-state index is 0.553. The first-order chi connectivity index (χ1) is 9.13. The second kappa shape index (κ2) is 5.41. The number of nitrogens with one attached hydrogen (secondary N) is 1. The zero-order chi connectivity index (χ0) is 13.4. The lowest BCUT2D eigenvalue weighted by molar-refractivity contribution is 0.168. The SMILES string of the molecule is CC1CN(Cc2sc3ccccc3c2Cl)CC(C)N1. The molecule has 1 aliphatic heterocycles. The molecule has 2 heterocycles. The molecule has 0 aliphatic carbocycles. The highest BCUT2D eigenvalue weighted by molar-refractivity contribution is 7.19. The normalized spacial score (nSPS) is 25.0. The van der Waals surface area contributed by atoms with Crippen molar-refractivity contribution in [2.45, 2.75) is 32.5 Å². The largest absolute Gasteiger partial charge is 0.309 e. The molecule has 0 saturated carbocycles. The summed E-state index contributed by atoms with van der Waals surface area (Å²) in [5, 5.41) is 5.70. The van der Waals surface area contributed by atoms with Gasteiger partial charge in [-0.15, -0.1) is 11.3 Å². The molecule has 0 amide bonds.